The number of carbonyl (C=O) groups is 1. The molecular weight excluding hydrogens is 331 g/mol. The van der Waals surface area contributed by atoms with E-state index in [1.807, 2.05) is 23.1 Å². The van der Waals surface area contributed by atoms with Crippen molar-refractivity contribution in [2.75, 3.05) is 0 Å². The molecule has 4 rings (SSSR count). The number of nitrogens with zero attached hydrogens (tertiary/aromatic N) is 2. The predicted molar refractivity (Wildman–Crippen MR) is 96.3 cm³/mol. The molecule has 0 aliphatic carbocycles. The third-order valence-corrected chi connectivity index (χ3v) is 5.48. The number of fused-ring (bicyclic) bond motifs is 2. The number of pyridine rings is 1. The Morgan fingerprint density at radius 3 is 2.62 bits per heavy atom. The Labute approximate surface area is 153 Å². The third-order valence-electron chi connectivity index (χ3n) is 5.48. The smallest absolute Gasteiger partial charge is 0.223 e. The molecule has 0 radical (unpaired) electrons. The molecule has 5 heteroatoms. The summed E-state index contributed by atoms with van der Waals surface area (Å²) in [5, 5.41) is 0. The minimum Gasteiger partial charge on any atom is -0.489 e. The van der Waals surface area contributed by atoms with Gasteiger partial charge in [0.2, 0.25) is 5.91 Å². The Bertz CT molecular complexity index is 754. The lowest BCUT2D eigenvalue weighted by Crippen LogP contribution is -2.49. The lowest BCUT2D eigenvalue weighted by Gasteiger charge is -2.39. The standard InChI is InChI=1S/C21H23FN2O2/c22-20-6-2-1-4-15(20)7-10-21(25)24-16-8-9-17(24)13-19(12-16)26-18-5-3-11-23-14-18/h1-6,11,14,16-17,19H,7-10,12-13H2. The lowest BCUT2D eigenvalue weighted by atomic mass is 9.98. The largest absolute Gasteiger partial charge is 0.489 e. The van der Waals surface area contributed by atoms with E-state index in [-0.39, 0.29) is 29.9 Å². The maximum absolute atomic E-state index is 13.8. The van der Waals surface area contributed by atoms with Crippen molar-refractivity contribution < 1.29 is 13.9 Å². The molecule has 1 aromatic carbocycles. The Kier molecular flexibility index (Phi) is 4.87. The average molecular weight is 354 g/mol. The summed E-state index contributed by atoms with van der Waals surface area (Å²) in [6, 6.07) is 11.0. The molecule has 2 fully saturated rings. The summed E-state index contributed by atoms with van der Waals surface area (Å²) in [6.07, 6.45) is 8.19. The van der Waals surface area contributed by atoms with Crippen LogP contribution in [0.25, 0.3) is 0 Å². The molecule has 2 atom stereocenters. The maximum Gasteiger partial charge on any atom is 0.223 e. The van der Waals surface area contributed by atoms with Crippen LogP contribution < -0.4 is 4.74 Å². The minimum absolute atomic E-state index is 0.132. The second-order valence-corrected chi connectivity index (χ2v) is 7.18. The fourth-order valence-corrected chi connectivity index (χ4v) is 4.31. The van der Waals surface area contributed by atoms with Gasteiger partial charge in [-0.15, -0.1) is 0 Å². The summed E-state index contributed by atoms with van der Waals surface area (Å²) in [6.45, 7) is 0. The van der Waals surface area contributed by atoms with Crippen molar-refractivity contribution in [3.8, 4) is 5.75 Å². The van der Waals surface area contributed by atoms with Crippen LogP contribution in [0.5, 0.6) is 5.75 Å². The van der Waals surface area contributed by atoms with Crippen LogP contribution in [0, 0.1) is 5.82 Å². The van der Waals surface area contributed by atoms with E-state index >= 15 is 0 Å². The van der Waals surface area contributed by atoms with Crippen LogP contribution in [-0.2, 0) is 11.2 Å². The highest BCUT2D eigenvalue weighted by Crippen LogP contribution is 2.37. The molecule has 26 heavy (non-hydrogen) atoms. The highest BCUT2D eigenvalue weighted by Gasteiger charge is 2.43. The van der Waals surface area contributed by atoms with Crippen LogP contribution >= 0.6 is 0 Å². The van der Waals surface area contributed by atoms with Gasteiger partial charge < -0.3 is 9.64 Å². The molecule has 3 heterocycles. The van der Waals surface area contributed by atoms with Crippen LogP contribution in [0.2, 0.25) is 0 Å². The fraction of sp³-hybridized carbons (Fsp3) is 0.429. The Morgan fingerprint density at radius 2 is 1.92 bits per heavy atom. The number of aromatic nitrogens is 1. The molecule has 2 saturated heterocycles. The number of piperidine rings is 1. The van der Waals surface area contributed by atoms with Gasteiger partial charge in [-0.3, -0.25) is 9.78 Å². The van der Waals surface area contributed by atoms with E-state index in [2.05, 4.69) is 4.98 Å². The van der Waals surface area contributed by atoms with Crippen molar-refractivity contribution in [2.45, 2.75) is 56.7 Å². The molecule has 4 nitrogen and oxygen atoms in total. The molecule has 2 bridgehead atoms. The summed E-state index contributed by atoms with van der Waals surface area (Å²) in [5.74, 6) is 0.698. The number of ether oxygens (including phenoxy) is 1. The van der Waals surface area contributed by atoms with Gasteiger partial charge in [-0.2, -0.15) is 0 Å². The first kappa shape index (κ1) is 17.0. The quantitative estimate of drug-likeness (QED) is 0.821. The van der Waals surface area contributed by atoms with E-state index in [9.17, 15) is 9.18 Å². The SMILES string of the molecule is O=C(CCc1ccccc1F)N1C2CCC1CC(Oc1cccnc1)C2. The van der Waals surface area contributed by atoms with E-state index in [4.69, 9.17) is 4.74 Å². The first-order valence-corrected chi connectivity index (χ1v) is 9.32. The number of carbonyl (C=O) groups excluding carboxylic acids is 1. The number of benzene rings is 1. The van der Waals surface area contributed by atoms with Gasteiger partial charge in [0.15, 0.2) is 0 Å². The molecule has 0 saturated carbocycles. The molecule has 136 valence electrons. The van der Waals surface area contributed by atoms with Gasteiger partial charge in [-0.25, -0.2) is 4.39 Å². The Hall–Kier alpha value is -2.43. The highest BCUT2D eigenvalue weighted by molar-refractivity contribution is 5.77. The maximum atomic E-state index is 13.8. The topological polar surface area (TPSA) is 42.4 Å². The number of aryl methyl sites for hydroxylation is 1. The zero-order chi connectivity index (χ0) is 17.9. The number of rotatable bonds is 5. The molecule has 2 aromatic rings. The number of hydrogen-bond donors (Lipinski definition) is 0. The number of halogens is 1. The summed E-state index contributed by atoms with van der Waals surface area (Å²) in [4.78, 5) is 18.9. The molecule has 0 N–H and O–H groups in total. The van der Waals surface area contributed by atoms with Crippen LogP contribution in [-0.4, -0.2) is 34.0 Å². The Balaban J connectivity index is 1.35. The van der Waals surface area contributed by atoms with Gasteiger partial charge in [0.1, 0.15) is 17.7 Å². The van der Waals surface area contributed by atoms with Gasteiger partial charge in [-0.05, 0) is 43.0 Å². The second kappa shape index (κ2) is 7.44. The normalized spacial score (nSPS) is 24.5. The van der Waals surface area contributed by atoms with Crippen LogP contribution in [0.3, 0.4) is 0 Å². The van der Waals surface area contributed by atoms with E-state index < -0.39 is 0 Å². The molecular formula is C21H23FN2O2. The lowest BCUT2D eigenvalue weighted by molar-refractivity contribution is -0.137. The van der Waals surface area contributed by atoms with E-state index in [0.29, 0.717) is 18.4 Å². The summed E-state index contributed by atoms with van der Waals surface area (Å²) in [5.41, 5.74) is 0.614. The molecule has 2 aliphatic rings. The molecule has 2 unspecified atom stereocenters. The molecule has 1 aromatic heterocycles. The predicted octanol–water partition coefficient (Wildman–Crippen LogP) is 3.75. The zero-order valence-electron chi connectivity index (χ0n) is 14.7. The molecule has 1 amide bonds. The summed E-state index contributed by atoms with van der Waals surface area (Å²) < 4.78 is 19.8. The van der Waals surface area contributed by atoms with Crippen molar-refractivity contribution in [1.29, 1.82) is 0 Å². The highest BCUT2D eigenvalue weighted by atomic mass is 19.1. The van der Waals surface area contributed by atoms with Crippen molar-refractivity contribution in [3.63, 3.8) is 0 Å². The van der Waals surface area contributed by atoms with Gasteiger partial charge in [0, 0.05) is 37.5 Å². The summed E-state index contributed by atoms with van der Waals surface area (Å²) >= 11 is 0. The van der Waals surface area contributed by atoms with E-state index in [1.54, 1.807) is 24.5 Å². The molecule has 2 aliphatic heterocycles. The fourth-order valence-electron chi connectivity index (χ4n) is 4.31. The van der Waals surface area contributed by atoms with Crippen molar-refractivity contribution in [3.05, 3.63) is 60.2 Å². The second-order valence-electron chi connectivity index (χ2n) is 7.18. The Morgan fingerprint density at radius 1 is 1.15 bits per heavy atom. The van der Waals surface area contributed by atoms with Crippen molar-refractivity contribution >= 4 is 5.91 Å². The van der Waals surface area contributed by atoms with Gasteiger partial charge >= 0.3 is 0 Å². The van der Waals surface area contributed by atoms with Crippen LogP contribution in [0.4, 0.5) is 4.39 Å². The van der Waals surface area contributed by atoms with Crippen molar-refractivity contribution in [2.24, 2.45) is 0 Å². The number of hydrogen-bond acceptors (Lipinski definition) is 3. The van der Waals surface area contributed by atoms with Gasteiger partial charge in [-0.1, -0.05) is 18.2 Å². The van der Waals surface area contributed by atoms with Crippen LogP contribution in [0.1, 0.15) is 37.7 Å². The minimum atomic E-state index is -0.230. The number of amides is 1. The third kappa shape index (κ3) is 3.57. The van der Waals surface area contributed by atoms with Crippen LogP contribution in [0.15, 0.2) is 48.8 Å². The van der Waals surface area contributed by atoms with Crippen molar-refractivity contribution in [1.82, 2.24) is 9.88 Å². The first-order valence-electron chi connectivity index (χ1n) is 9.32. The van der Waals surface area contributed by atoms with E-state index in [0.717, 1.165) is 31.4 Å². The monoisotopic (exact) mass is 354 g/mol. The molecule has 0 spiro atoms. The van der Waals surface area contributed by atoms with E-state index in [1.165, 1.54) is 6.07 Å². The average Bonchev–Trinajstić information content (AvgIpc) is 2.93. The zero-order valence-corrected chi connectivity index (χ0v) is 14.7. The van der Waals surface area contributed by atoms with Gasteiger partial charge in [0.05, 0.1) is 6.20 Å². The van der Waals surface area contributed by atoms with Gasteiger partial charge in [0.25, 0.3) is 0 Å². The first-order chi connectivity index (χ1) is 12.7. The summed E-state index contributed by atoms with van der Waals surface area (Å²) in [7, 11) is 0.